The summed E-state index contributed by atoms with van der Waals surface area (Å²) in [4.78, 5) is 24.8. The first kappa shape index (κ1) is 24.6. The van der Waals surface area contributed by atoms with E-state index in [1.165, 1.54) is 26.4 Å². The van der Waals surface area contributed by atoms with Crippen molar-refractivity contribution in [1.29, 1.82) is 0 Å². The summed E-state index contributed by atoms with van der Waals surface area (Å²) in [5.41, 5.74) is 0.654. The van der Waals surface area contributed by atoms with Crippen molar-refractivity contribution in [2.45, 2.75) is 20.8 Å². The Bertz CT molecular complexity index is 901. The molecule has 174 valence electrons. The van der Waals surface area contributed by atoms with E-state index in [2.05, 4.69) is 5.32 Å². The maximum Gasteiger partial charge on any atom is 0.338 e. The van der Waals surface area contributed by atoms with Gasteiger partial charge in [-0.05, 0) is 45.0 Å². The van der Waals surface area contributed by atoms with E-state index in [1.54, 1.807) is 18.2 Å². The predicted octanol–water partition coefficient (Wildman–Crippen LogP) is 3.70. The Morgan fingerprint density at radius 1 is 0.781 bits per heavy atom. The van der Waals surface area contributed by atoms with Crippen molar-refractivity contribution in [3.63, 3.8) is 0 Å². The Morgan fingerprint density at radius 3 is 1.91 bits per heavy atom. The maximum absolute atomic E-state index is 12.6. The van der Waals surface area contributed by atoms with E-state index in [1.807, 2.05) is 20.8 Å². The molecule has 0 unspecified atom stereocenters. The van der Waals surface area contributed by atoms with Gasteiger partial charge >= 0.3 is 5.97 Å². The number of hydrogen-bond acceptors (Lipinski definition) is 8. The maximum atomic E-state index is 12.6. The molecule has 0 saturated heterocycles. The van der Waals surface area contributed by atoms with Crippen LogP contribution in [0.5, 0.6) is 28.7 Å². The molecule has 0 aliphatic rings. The van der Waals surface area contributed by atoms with E-state index in [0.29, 0.717) is 54.3 Å². The topological polar surface area (TPSA) is 102 Å². The van der Waals surface area contributed by atoms with Gasteiger partial charge in [-0.2, -0.15) is 0 Å². The number of anilines is 1. The van der Waals surface area contributed by atoms with Gasteiger partial charge in [0.2, 0.25) is 5.75 Å². The zero-order chi connectivity index (χ0) is 23.5. The molecule has 0 aromatic heterocycles. The number of nitrogens with one attached hydrogen (secondary N) is 1. The van der Waals surface area contributed by atoms with E-state index < -0.39 is 18.5 Å². The lowest BCUT2D eigenvalue weighted by Crippen LogP contribution is -2.21. The number of benzene rings is 2. The van der Waals surface area contributed by atoms with Crippen molar-refractivity contribution in [2.24, 2.45) is 0 Å². The summed E-state index contributed by atoms with van der Waals surface area (Å²) < 4.78 is 32.4. The SMILES string of the molecule is CCOc1cc(C(=O)OCC(=O)Nc2ccc(OC)c(OC)c2)cc(OCC)c1OCC. The number of hydrogen-bond donors (Lipinski definition) is 1. The monoisotopic (exact) mass is 447 g/mol. The molecule has 0 heterocycles. The lowest BCUT2D eigenvalue weighted by Gasteiger charge is -2.17. The first-order chi connectivity index (χ1) is 15.5. The molecule has 0 spiro atoms. The average Bonchev–Trinajstić information content (AvgIpc) is 2.79. The second-order valence-corrected chi connectivity index (χ2v) is 6.29. The summed E-state index contributed by atoms with van der Waals surface area (Å²) in [6.07, 6.45) is 0. The highest BCUT2D eigenvalue weighted by Crippen LogP contribution is 2.39. The van der Waals surface area contributed by atoms with E-state index in [4.69, 9.17) is 28.4 Å². The highest BCUT2D eigenvalue weighted by Gasteiger charge is 2.20. The number of carbonyl (C=O) groups excluding carboxylic acids is 2. The third-order valence-corrected chi connectivity index (χ3v) is 4.15. The van der Waals surface area contributed by atoms with Gasteiger partial charge in [-0.3, -0.25) is 4.79 Å². The zero-order valence-corrected chi connectivity index (χ0v) is 19.0. The minimum absolute atomic E-state index is 0.180. The van der Waals surface area contributed by atoms with Crippen LogP contribution in [0.3, 0.4) is 0 Å². The van der Waals surface area contributed by atoms with Crippen LogP contribution in [0.4, 0.5) is 5.69 Å². The highest BCUT2D eigenvalue weighted by molar-refractivity contribution is 5.96. The molecule has 9 heteroatoms. The molecule has 2 rings (SSSR count). The van der Waals surface area contributed by atoms with Crippen LogP contribution < -0.4 is 29.0 Å². The van der Waals surface area contributed by atoms with Crippen LogP contribution in [-0.4, -0.2) is 52.5 Å². The van der Waals surface area contributed by atoms with Crippen LogP contribution in [0.2, 0.25) is 0 Å². The summed E-state index contributed by atoms with van der Waals surface area (Å²) >= 11 is 0. The van der Waals surface area contributed by atoms with Crippen LogP contribution in [0, 0.1) is 0 Å². The molecular weight excluding hydrogens is 418 g/mol. The number of methoxy groups -OCH3 is 2. The Balaban J connectivity index is 2.10. The first-order valence-electron chi connectivity index (χ1n) is 10.2. The fourth-order valence-corrected chi connectivity index (χ4v) is 2.83. The van der Waals surface area contributed by atoms with E-state index >= 15 is 0 Å². The van der Waals surface area contributed by atoms with Gasteiger partial charge in [0.05, 0.1) is 39.6 Å². The molecule has 0 fully saturated rings. The summed E-state index contributed by atoms with van der Waals surface area (Å²) in [7, 11) is 3.01. The predicted molar refractivity (Wildman–Crippen MR) is 118 cm³/mol. The molecule has 2 aromatic carbocycles. The third-order valence-electron chi connectivity index (χ3n) is 4.15. The lowest BCUT2D eigenvalue weighted by molar-refractivity contribution is -0.119. The first-order valence-corrected chi connectivity index (χ1v) is 10.2. The number of rotatable bonds is 12. The highest BCUT2D eigenvalue weighted by atomic mass is 16.5. The largest absolute Gasteiger partial charge is 0.493 e. The van der Waals surface area contributed by atoms with Crippen molar-refractivity contribution in [1.82, 2.24) is 0 Å². The number of carbonyl (C=O) groups is 2. The lowest BCUT2D eigenvalue weighted by atomic mass is 10.2. The van der Waals surface area contributed by atoms with Gasteiger partial charge in [0, 0.05) is 11.8 Å². The van der Waals surface area contributed by atoms with E-state index in [0.717, 1.165) is 0 Å². The van der Waals surface area contributed by atoms with E-state index in [-0.39, 0.29) is 5.56 Å². The zero-order valence-electron chi connectivity index (χ0n) is 19.0. The molecule has 32 heavy (non-hydrogen) atoms. The molecule has 0 aliphatic heterocycles. The van der Waals surface area contributed by atoms with Crippen molar-refractivity contribution >= 4 is 17.6 Å². The number of ether oxygens (including phenoxy) is 6. The molecule has 0 atom stereocenters. The Hall–Kier alpha value is -3.62. The number of esters is 1. The summed E-state index contributed by atoms with van der Waals surface area (Å²) in [6, 6.07) is 7.92. The van der Waals surface area contributed by atoms with E-state index in [9.17, 15) is 9.59 Å². The summed E-state index contributed by atoms with van der Waals surface area (Å²) in [5.74, 6) is 0.929. The van der Waals surface area contributed by atoms with Crippen molar-refractivity contribution < 1.29 is 38.0 Å². The normalized spacial score (nSPS) is 10.2. The van der Waals surface area contributed by atoms with Gasteiger partial charge in [0.1, 0.15) is 0 Å². The molecule has 0 bridgehead atoms. The summed E-state index contributed by atoms with van der Waals surface area (Å²) in [5, 5.41) is 2.64. The van der Waals surface area contributed by atoms with Crippen molar-refractivity contribution in [2.75, 3.05) is 46.0 Å². The fraction of sp³-hybridized carbons (Fsp3) is 0.391. The fourth-order valence-electron chi connectivity index (χ4n) is 2.83. The third kappa shape index (κ3) is 6.44. The van der Waals surface area contributed by atoms with Crippen molar-refractivity contribution in [3.05, 3.63) is 35.9 Å². The Labute approximate surface area is 187 Å². The molecule has 0 aliphatic carbocycles. The molecule has 1 N–H and O–H groups in total. The Kier molecular flexibility index (Phi) is 9.46. The molecule has 2 aromatic rings. The van der Waals surface area contributed by atoms with Gasteiger partial charge < -0.3 is 33.7 Å². The minimum atomic E-state index is -0.697. The van der Waals surface area contributed by atoms with Gasteiger partial charge in [-0.15, -0.1) is 0 Å². The van der Waals surface area contributed by atoms with Crippen LogP contribution in [0.15, 0.2) is 30.3 Å². The molecule has 9 nitrogen and oxygen atoms in total. The van der Waals surface area contributed by atoms with Crippen LogP contribution >= 0.6 is 0 Å². The van der Waals surface area contributed by atoms with Crippen molar-refractivity contribution in [3.8, 4) is 28.7 Å². The minimum Gasteiger partial charge on any atom is -0.493 e. The number of amides is 1. The molecular formula is C23H29NO8. The smallest absolute Gasteiger partial charge is 0.338 e. The second kappa shape index (κ2) is 12.3. The average molecular weight is 447 g/mol. The second-order valence-electron chi connectivity index (χ2n) is 6.29. The molecule has 0 saturated carbocycles. The van der Waals surface area contributed by atoms with Crippen LogP contribution in [-0.2, 0) is 9.53 Å². The molecule has 0 radical (unpaired) electrons. The summed E-state index contributed by atoms with van der Waals surface area (Å²) in [6.45, 7) is 6.15. The Morgan fingerprint density at radius 2 is 1.38 bits per heavy atom. The standard InChI is InChI=1S/C23H29NO8/c1-6-29-19-11-15(12-20(30-7-2)22(19)31-8-3)23(26)32-14-21(25)24-16-9-10-17(27-4)18(13-16)28-5/h9-13H,6-8,14H2,1-5H3,(H,24,25). The van der Waals surface area contributed by atoms with Gasteiger partial charge in [-0.25, -0.2) is 4.79 Å². The van der Waals surface area contributed by atoms with Gasteiger partial charge in [0.15, 0.2) is 29.6 Å². The van der Waals surface area contributed by atoms with Crippen LogP contribution in [0.25, 0.3) is 0 Å². The quantitative estimate of drug-likeness (QED) is 0.492. The van der Waals surface area contributed by atoms with Gasteiger partial charge in [0.25, 0.3) is 5.91 Å². The van der Waals surface area contributed by atoms with Gasteiger partial charge in [-0.1, -0.05) is 0 Å². The van der Waals surface area contributed by atoms with Crippen LogP contribution in [0.1, 0.15) is 31.1 Å². The molecule has 1 amide bonds.